The Hall–Kier alpha value is -2.24. The molecule has 2 aromatic carbocycles. The fraction of sp³-hybridized carbons (Fsp3) is 0.333. The normalized spacial score (nSPS) is 10.3. The molecule has 0 amide bonds. The molecule has 0 aromatic heterocycles. The summed E-state index contributed by atoms with van der Waals surface area (Å²) in [6.07, 6.45) is 0. The highest BCUT2D eigenvalue weighted by molar-refractivity contribution is 5.43. The largest absolute Gasteiger partial charge is 0.493 e. The number of aliphatic hydroxyl groups excluding tert-OH is 1. The minimum atomic E-state index is 0.125. The van der Waals surface area contributed by atoms with Gasteiger partial charge >= 0.3 is 0 Å². The summed E-state index contributed by atoms with van der Waals surface area (Å²) in [7, 11) is 1.62. The number of rotatable bonds is 10. The van der Waals surface area contributed by atoms with E-state index >= 15 is 0 Å². The quantitative estimate of drug-likeness (QED) is 0.658. The minimum absolute atomic E-state index is 0.125. The molecule has 2 aromatic rings. The van der Waals surface area contributed by atoms with Crippen molar-refractivity contribution in [3.63, 3.8) is 0 Å². The minimum Gasteiger partial charge on any atom is -0.493 e. The maximum absolute atomic E-state index is 8.77. The molecule has 5 heteroatoms. The van der Waals surface area contributed by atoms with Crippen LogP contribution in [-0.4, -0.2) is 38.6 Å². The van der Waals surface area contributed by atoms with Crippen LogP contribution in [-0.2, 0) is 6.54 Å². The molecule has 2 rings (SSSR count). The third kappa shape index (κ3) is 5.81. The summed E-state index contributed by atoms with van der Waals surface area (Å²) >= 11 is 0. The average Bonchev–Trinajstić information content (AvgIpc) is 2.60. The highest BCUT2D eigenvalue weighted by Crippen LogP contribution is 2.28. The van der Waals surface area contributed by atoms with Crippen LogP contribution in [0.2, 0.25) is 0 Å². The van der Waals surface area contributed by atoms with Gasteiger partial charge in [0.1, 0.15) is 19.0 Å². The Kier molecular flexibility index (Phi) is 7.23. The van der Waals surface area contributed by atoms with Gasteiger partial charge in [-0.05, 0) is 29.8 Å². The number of hydrogen-bond acceptors (Lipinski definition) is 5. The molecule has 0 saturated heterocycles. The number of hydrogen-bond donors (Lipinski definition) is 2. The number of ether oxygens (including phenoxy) is 3. The van der Waals surface area contributed by atoms with E-state index in [-0.39, 0.29) is 6.61 Å². The van der Waals surface area contributed by atoms with E-state index < -0.39 is 0 Å². The maximum atomic E-state index is 8.77. The summed E-state index contributed by atoms with van der Waals surface area (Å²) in [5.41, 5.74) is 1.07. The smallest absolute Gasteiger partial charge is 0.161 e. The van der Waals surface area contributed by atoms with Crippen molar-refractivity contribution in [3.05, 3.63) is 54.1 Å². The highest BCUT2D eigenvalue weighted by Gasteiger charge is 2.06. The summed E-state index contributed by atoms with van der Waals surface area (Å²) in [6, 6.07) is 15.4. The van der Waals surface area contributed by atoms with E-state index in [9.17, 15) is 0 Å². The van der Waals surface area contributed by atoms with E-state index in [0.717, 1.165) is 11.3 Å². The van der Waals surface area contributed by atoms with E-state index in [4.69, 9.17) is 19.3 Å². The molecule has 0 aliphatic heterocycles. The molecule has 0 aliphatic carbocycles. The van der Waals surface area contributed by atoms with Crippen molar-refractivity contribution in [2.45, 2.75) is 6.54 Å². The van der Waals surface area contributed by atoms with E-state index in [2.05, 4.69) is 5.32 Å². The number of benzene rings is 2. The monoisotopic (exact) mass is 317 g/mol. The first kappa shape index (κ1) is 17.1. The molecular weight excluding hydrogens is 294 g/mol. The van der Waals surface area contributed by atoms with Gasteiger partial charge in [0.2, 0.25) is 0 Å². The zero-order chi connectivity index (χ0) is 16.3. The molecule has 0 fully saturated rings. The Morgan fingerprint density at radius 1 is 0.957 bits per heavy atom. The van der Waals surface area contributed by atoms with E-state index in [0.29, 0.717) is 37.8 Å². The molecule has 0 atom stereocenters. The number of aliphatic hydroxyl groups is 1. The first-order chi connectivity index (χ1) is 11.3. The highest BCUT2D eigenvalue weighted by atomic mass is 16.5. The van der Waals surface area contributed by atoms with Gasteiger partial charge < -0.3 is 24.6 Å². The molecule has 124 valence electrons. The van der Waals surface area contributed by atoms with Crippen LogP contribution in [0.5, 0.6) is 17.2 Å². The summed E-state index contributed by atoms with van der Waals surface area (Å²) < 4.78 is 16.7. The van der Waals surface area contributed by atoms with Gasteiger partial charge in [0, 0.05) is 13.1 Å². The van der Waals surface area contributed by atoms with Crippen molar-refractivity contribution in [2.75, 3.05) is 33.5 Å². The molecule has 0 aliphatic rings. The van der Waals surface area contributed by atoms with Gasteiger partial charge in [-0.2, -0.15) is 0 Å². The molecule has 23 heavy (non-hydrogen) atoms. The van der Waals surface area contributed by atoms with Crippen LogP contribution in [0.4, 0.5) is 0 Å². The molecule has 0 bridgehead atoms. The van der Waals surface area contributed by atoms with Gasteiger partial charge in [-0.1, -0.05) is 24.3 Å². The average molecular weight is 317 g/mol. The van der Waals surface area contributed by atoms with Crippen LogP contribution in [0, 0.1) is 0 Å². The Bertz CT molecular complexity index is 574. The van der Waals surface area contributed by atoms with Crippen LogP contribution in [0.15, 0.2) is 48.5 Å². The van der Waals surface area contributed by atoms with Gasteiger partial charge in [-0.15, -0.1) is 0 Å². The molecule has 0 spiro atoms. The Balaban J connectivity index is 1.82. The summed E-state index contributed by atoms with van der Waals surface area (Å²) in [5.74, 6) is 2.21. The molecule has 5 nitrogen and oxygen atoms in total. The fourth-order valence-corrected chi connectivity index (χ4v) is 2.08. The van der Waals surface area contributed by atoms with Crippen molar-refractivity contribution in [1.82, 2.24) is 5.32 Å². The number of nitrogens with one attached hydrogen (secondary N) is 1. The van der Waals surface area contributed by atoms with Crippen molar-refractivity contribution in [1.29, 1.82) is 0 Å². The van der Waals surface area contributed by atoms with Crippen molar-refractivity contribution >= 4 is 0 Å². The van der Waals surface area contributed by atoms with Gasteiger partial charge in [0.25, 0.3) is 0 Å². The van der Waals surface area contributed by atoms with Crippen LogP contribution >= 0.6 is 0 Å². The molecule has 0 heterocycles. The Labute approximate surface area is 136 Å². The third-order valence-electron chi connectivity index (χ3n) is 3.20. The van der Waals surface area contributed by atoms with Crippen molar-refractivity contribution in [3.8, 4) is 17.2 Å². The molecule has 2 N–H and O–H groups in total. The number of methoxy groups -OCH3 is 1. The molecular formula is C18H23NO4. The third-order valence-corrected chi connectivity index (χ3v) is 3.20. The van der Waals surface area contributed by atoms with E-state index in [1.54, 1.807) is 7.11 Å². The first-order valence-corrected chi connectivity index (χ1v) is 7.62. The van der Waals surface area contributed by atoms with Gasteiger partial charge in [-0.25, -0.2) is 0 Å². The summed E-state index contributed by atoms with van der Waals surface area (Å²) in [5, 5.41) is 11.9. The Morgan fingerprint density at radius 2 is 1.74 bits per heavy atom. The maximum Gasteiger partial charge on any atom is 0.161 e. The lowest BCUT2D eigenvalue weighted by Crippen LogP contribution is -2.17. The molecule has 0 unspecified atom stereocenters. The second-order valence-corrected chi connectivity index (χ2v) is 4.90. The predicted molar refractivity (Wildman–Crippen MR) is 89.2 cm³/mol. The van der Waals surface area contributed by atoms with Crippen LogP contribution in [0.1, 0.15) is 5.56 Å². The van der Waals surface area contributed by atoms with E-state index in [1.165, 1.54) is 0 Å². The summed E-state index contributed by atoms with van der Waals surface area (Å²) in [4.78, 5) is 0. The standard InChI is InChI=1S/C18H23NO4/c1-21-18-13-15(14-19-9-10-20)7-8-17(18)23-12-11-22-16-5-3-2-4-6-16/h2-8,13,19-20H,9-12,14H2,1H3. The zero-order valence-electron chi connectivity index (χ0n) is 13.3. The Morgan fingerprint density at radius 3 is 2.48 bits per heavy atom. The van der Waals surface area contributed by atoms with Crippen LogP contribution in [0.3, 0.4) is 0 Å². The molecule has 0 radical (unpaired) electrons. The first-order valence-electron chi connectivity index (χ1n) is 7.62. The molecule has 0 saturated carbocycles. The lowest BCUT2D eigenvalue weighted by atomic mass is 10.2. The summed E-state index contributed by atoms with van der Waals surface area (Å²) in [6.45, 7) is 2.27. The lowest BCUT2D eigenvalue weighted by molar-refractivity contribution is 0.211. The van der Waals surface area contributed by atoms with Gasteiger partial charge in [0.15, 0.2) is 11.5 Å². The van der Waals surface area contributed by atoms with Crippen LogP contribution < -0.4 is 19.5 Å². The second kappa shape index (κ2) is 9.71. The van der Waals surface area contributed by atoms with E-state index in [1.807, 2.05) is 48.5 Å². The topological polar surface area (TPSA) is 60.0 Å². The fourth-order valence-electron chi connectivity index (χ4n) is 2.08. The van der Waals surface area contributed by atoms with Gasteiger partial charge in [0.05, 0.1) is 13.7 Å². The van der Waals surface area contributed by atoms with Crippen molar-refractivity contribution in [2.24, 2.45) is 0 Å². The van der Waals surface area contributed by atoms with Gasteiger partial charge in [-0.3, -0.25) is 0 Å². The SMILES string of the molecule is COc1cc(CNCCO)ccc1OCCOc1ccccc1. The second-order valence-electron chi connectivity index (χ2n) is 4.90. The van der Waals surface area contributed by atoms with Crippen molar-refractivity contribution < 1.29 is 19.3 Å². The van der Waals surface area contributed by atoms with Crippen LogP contribution in [0.25, 0.3) is 0 Å². The lowest BCUT2D eigenvalue weighted by Gasteiger charge is -2.13. The zero-order valence-corrected chi connectivity index (χ0v) is 13.3. The predicted octanol–water partition coefficient (Wildman–Crippen LogP) is 2.23. The number of para-hydroxylation sites is 1.